The number of aliphatic hydroxyl groups is 4. The lowest BCUT2D eigenvalue weighted by atomic mass is 9.99. The molecule has 0 radical (unpaired) electrons. The van der Waals surface area contributed by atoms with Gasteiger partial charge in [0.15, 0.2) is 12.2 Å². The van der Waals surface area contributed by atoms with Crippen LogP contribution in [0.5, 0.6) is 0 Å². The van der Waals surface area contributed by atoms with Crippen molar-refractivity contribution in [2.24, 2.45) is 0 Å². The predicted molar refractivity (Wildman–Crippen MR) is 76.3 cm³/mol. The predicted octanol–water partition coefficient (Wildman–Crippen LogP) is -1.14. The summed E-state index contributed by atoms with van der Waals surface area (Å²) in [5.41, 5.74) is 0.721. The highest BCUT2D eigenvalue weighted by molar-refractivity contribution is 5.87. The topological polar surface area (TPSA) is 142 Å². The van der Waals surface area contributed by atoms with Gasteiger partial charge in [0.25, 0.3) is 0 Å². The minimum absolute atomic E-state index is 0.0892. The van der Waals surface area contributed by atoms with Crippen molar-refractivity contribution in [3.05, 3.63) is 17.4 Å². The number of aliphatic hydroxyl groups excluding tert-OH is 4. The van der Waals surface area contributed by atoms with Crippen LogP contribution in [0.3, 0.4) is 0 Å². The van der Waals surface area contributed by atoms with E-state index in [1.165, 1.54) is 6.92 Å². The number of carbonyl (C=O) groups excluding carboxylic acids is 1. The summed E-state index contributed by atoms with van der Waals surface area (Å²) in [4.78, 5) is 11.0. The molecule has 9 heteroatoms. The molecule has 130 valence electrons. The number of nitrogens with one attached hydrogen (secondary N) is 1. The summed E-state index contributed by atoms with van der Waals surface area (Å²) < 4.78 is 16.0. The Labute approximate surface area is 132 Å². The fourth-order valence-electron chi connectivity index (χ4n) is 2.26. The van der Waals surface area contributed by atoms with Crippen LogP contribution in [0.25, 0.3) is 0 Å². The van der Waals surface area contributed by atoms with Crippen LogP contribution in [-0.4, -0.2) is 63.6 Å². The first-order valence-corrected chi connectivity index (χ1v) is 7.12. The van der Waals surface area contributed by atoms with E-state index < -0.39 is 37.3 Å². The molecule has 1 fully saturated rings. The Bertz CT molecular complexity index is 543. The van der Waals surface area contributed by atoms with Crippen molar-refractivity contribution in [3.8, 4) is 0 Å². The van der Waals surface area contributed by atoms with Crippen molar-refractivity contribution >= 4 is 11.8 Å². The molecule has 1 saturated heterocycles. The maximum atomic E-state index is 11.0. The van der Waals surface area contributed by atoms with Crippen molar-refractivity contribution in [3.63, 3.8) is 0 Å². The summed E-state index contributed by atoms with van der Waals surface area (Å²) in [6.07, 6.45) is -6.69. The van der Waals surface area contributed by atoms with Gasteiger partial charge in [0.05, 0.1) is 6.61 Å². The number of anilines is 1. The van der Waals surface area contributed by atoms with Crippen molar-refractivity contribution in [2.45, 2.75) is 51.2 Å². The molecule has 1 aromatic rings. The van der Waals surface area contributed by atoms with Gasteiger partial charge in [-0.05, 0) is 12.5 Å². The van der Waals surface area contributed by atoms with Gasteiger partial charge in [0, 0.05) is 13.0 Å². The van der Waals surface area contributed by atoms with Crippen molar-refractivity contribution < 1.29 is 39.1 Å². The third-order valence-electron chi connectivity index (χ3n) is 3.55. The fraction of sp³-hybridized carbons (Fsp3) is 0.643. The zero-order chi connectivity index (χ0) is 17.1. The zero-order valence-electron chi connectivity index (χ0n) is 12.8. The Hall–Kier alpha value is -1.49. The minimum atomic E-state index is -1.50. The van der Waals surface area contributed by atoms with Gasteiger partial charge >= 0.3 is 0 Å². The van der Waals surface area contributed by atoms with Crippen LogP contribution >= 0.6 is 0 Å². The molecular weight excluding hydrogens is 310 g/mol. The summed E-state index contributed by atoms with van der Waals surface area (Å²) in [5.74, 6) is 0.397. The molecule has 5 atom stereocenters. The van der Waals surface area contributed by atoms with Crippen LogP contribution in [0.15, 0.2) is 10.5 Å². The lowest BCUT2D eigenvalue weighted by Crippen LogP contribution is -2.59. The number of carbonyl (C=O) groups is 1. The number of furan rings is 1. The largest absolute Gasteiger partial charge is 0.443 e. The molecule has 23 heavy (non-hydrogen) atoms. The molecule has 0 spiro atoms. The summed E-state index contributed by atoms with van der Waals surface area (Å²) in [5, 5.41) is 40.8. The van der Waals surface area contributed by atoms with Crippen LogP contribution < -0.4 is 5.32 Å². The second-order valence-electron chi connectivity index (χ2n) is 5.41. The first-order valence-electron chi connectivity index (χ1n) is 7.12. The highest BCUT2D eigenvalue weighted by atomic mass is 16.7. The normalized spacial score (nSPS) is 31.1. The van der Waals surface area contributed by atoms with E-state index >= 15 is 0 Å². The lowest BCUT2D eigenvalue weighted by molar-refractivity contribution is -0.304. The number of amides is 1. The van der Waals surface area contributed by atoms with Crippen molar-refractivity contribution in [1.82, 2.24) is 0 Å². The van der Waals surface area contributed by atoms with Gasteiger partial charge in [0.2, 0.25) is 5.91 Å². The lowest BCUT2D eigenvalue weighted by Gasteiger charge is -2.39. The molecule has 0 unspecified atom stereocenters. The van der Waals surface area contributed by atoms with E-state index in [0.717, 1.165) is 5.56 Å². The van der Waals surface area contributed by atoms with E-state index in [2.05, 4.69) is 5.32 Å². The molecule has 2 rings (SSSR count). The van der Waals surface area contributed by atoms with E-state index in [1.807, 2.05) is 0 Å². The number of hydrogen-bond acceptors (Lipinski definition) is 8. The molecular formula is C14H21NO8. The van der Waals surface area contributed by atoms with Crippen LogP contribution in [0.2, 0.25) is 0 Å². The second-order valence-corrected chi connectivity index (χ2v) is 5.41. The number of rotatable bonds is 5. The molecule has 1 aliphatic heterocycles. The first kappa shape index (κ1) is 17.9. The molecule has 1 aliphatic rings. The van der Waals surface area contributed by atoms with Gasteiger partial charge in [-0.25, -0.2) is 0 Å². The van der Waals surface area contributed by atoms with Crippen LogP contribution in [0.1, 0.15) is 18.2 Å². The van der Waals surface area contributed by atoms with Gasteiger partial charge in [-0.2, -0.15) is 0 Å². The fourth-order valence-corrected chi connectivity index (χ4v) is 2.26. The highest BCUT2D eigenvalue weighted by Crippen LogP contribution is 2.25. The molecule has 0 saturated carbocycles. The Morgan fingerprint density at radius 3 is 2.61 bits per heavy atom. The quantitative estimate of drug-likeness (QED) is 0.456. The summed E-state index contributed by atoms with van der Waals surface area (Å²) in [6, 6.07) is 1.62. The van der Waals surface area contributed by atoms with Gasteiger partial charge in [0.1, 0.15) is 36.8 Å². The third-order valence-corrected chi connectivity index (χ3v) is 3.55. The van der Waals surface area contributed by atoms with E-state index in [4.69, 9.17) is 19.0 Å². The smallest absolute Gasteiger partial charge is 0.223 e. The highest BCUT2D eigenvalue weighted by Gasteiger charge is 2.44. The van der Waals surface area contributed by atoms with E-state index in [1.54, 1.807) is 13.0 Å². The van der Waals surface area contributed by atoms with Crippen molar-refractivity contribution in [2.75, 3.05) is 11.9 Å². The Kier molecular flexibility index (Phi) is 5.74. The standard InChI is InChI=1S/C14H21NO8/c1-6-3-10(15-7(2)17)22-9(6)5-21-14-13(20)12(19)11(18)8(4-16)23-14/h3,8,11-14,16,18-20H,4-5H2,1-2H3,(H,15,17)/t8-,11-,12+,13-,14+/m1/s1. The monoisotopic (exact) mass is 331 g/mol. The zero-order valence-corrected chi connectivity index (χ0v) is 12.8. The molecule has 0 aliphatic carbocycles. The average molecular weight is 331 g/mol. The van der Waals surface area contributed by atoms with Gasteiger partial charge in [-0.15, -0.1) is 0 Å². The SMILES string of the molecule is CC(=O)Nc1cc(C)c(CO[C@H]2O[C@H](CO)[C@@H](O)[C@H](O)[C@H]2O)o1. The number of ether oxygens (including phenoxy) is 2. The Morgan fingerprint density at radius 1 is 1.30 bits per heavy atom. The molecule has 0 bridgehead atoms. The molecule has 1 amide bonds. The van der Waals surface area contributed by atoms with Crippen LogP contribution in [0, 0.1) is 6.92 Å². The molecule has 5 N–H and O–H groups in total. The van der Waals surface area contributed by atoms with Crippen LogP contribution in [-0.2, 0) is 20.9 Å². The van der Waals surface area contributed by atoms with Gasteiger partial charge in [-0.1, -0.05) is 0 Å². The summed E-state index contributed by atoms with van der Waals surface area (Å²) in [7, 11) is 0. The van der Waals surface area contributed by atoms with E-state index in [9.17, 15) is 20.1 Å². The molecule has 9 nitrogen and oxygen atoms in total. The number of aryl methyl sites for hydroxylation is 1. The molecule has 0 aromatic carbocycles. The Morgan fingerprint density at radius 2 is 2.00 bits per heavy atom. The molecule has 1 aromatic heterocycles. The third kappa shape index (κ3) is 4.08. The van der Waals surface area contributed by atoms with E-state index in [-0.39, 0.29) is 18.4 Å². The van der Waals surface area contributed by atoms with Crippen LogP contribution in [0.4, 0.5) is 5.88 Å². The number of hydrogen-bond donors (Lipinski definition) is 5. The van der Waals surface area contributed by atoms with Crippen molar-refractivity contribution in [1.29, 1.82) is 0 Å². The van der Waals surface area contributed by atoms with Gasteiger partial charge < -0.3 is 34.3 Å². The molecule has 2 heterocycles. The second kappa shape index (κ2) is 7.39. The van der Waals surface area contributed by atoms with Gasteiger partial charge in [-0.3, -0.25) is 10.1 Å². The maximum Gasteiger partial charge on any atom is 0.223 e. The Balaban J connectivity index is 1.99. The average Bonchev–Trinajstić information content (AvgIpc) is 2.83. The summed E-state index contributed by atoms with van der Waals surface area (Å²) >= 11 is 0. The maximum absolute atomic E-state index is 11.0. The van der Waals surface area contributed by atoms with E-state index in [0.29, 0.717) is 5.76 Å². The summed E-state index contributed by atoms with van der Waals surface area (Å²) in [6.45, 7) is 2.48. The first-order chi connectivity index (χ1) is 10.8. The minimum Gasteiger partial charge on any atom is -0.443 e.